The Morgan fingerprint density at radius 3 is 2.65 bits per heavy atom. The van der Waals surface area contributed by atoms with Crippen molar-refractivity contribution < 1.29 is 9.18 Å². The number of halogens is 1. The molecule has 0 radical (unpaired) electrons. The van der Waals surface area contributed by atoms with Gasteiger partial charge in [-0.05, 0) is 63.6 Å². The minimum absolute atomic E-state index is 0.0536. The van der Waals surface area contributed by atoms with Crippen LogP contribution in [0.3, 0.4) is 0 Å². The fourth-order valence-electron chi connectivity index (χ4n) is 3.87. The summed E-state index contributed by atoms with van der Waals surface area (Å²) in [5.74, 6) is -0.132. The second kappa shape index (κ2) is 9.18. The Hall–Kier alpha value is -3.39. The van der Waals surface area contributed by atoms with Gasteiger partial charge in [0, 0.05) is 11.4 Å². The molecule has 4 rings (SSSR count). The van der Waals surface area contributed by atoms with Crippen molar-refractivity contribution in [2.24, 2.45) is 0 Å². The third kappa shape index (κ3) is 5.21. The maximum absolute atomic E-state index is 13.8. The van der Waals surface area contributed by atoms with Gasteiger partial charge in [-0.15, -0.1) is 0 Å². The molecule has 31 heavy (non-hydrogen) atoms. The molecule has 1 atom stereocenters. The van der Waals surface area contributed by atoms with Crippen LogP contribution in [0.25, 0.3) is 0 Å². The molecule has 3 heterocycles. The Morgan fingerprint density at radius 1 is 1.16 bits per heavy atom. The summed E-state index contributed by atoms with van der Waals surface area (Å²) < 4.78 is 13.8. The van der Waals surface area contributed by atoms with E-state index in [0.717, 1.165) is 42.2 Å². The van der Waals surface area contributed by atoms with Crippen LogP contribution in [0.1, 0.15) is 36.0 Å². The molecule has 0 saturated carbocycles. The average Bonchev–Trinajstić information content (AvgIpc) is 3.17. The number of amides is 1. The molecular weight excluding hydrogens is 395 g/mol. The fourth-order valence-corrected chi connectivity index (χ4v) is 3.87. The van der Waals surface area contributed by atoms with Crippen molar-refractivity contribution in [3.63, 3.8) is 0 Å². The average molecular weight is 420 g/mol. The van der Waals surface area contributed by atoms with Gasteiger partial charge in [0.15, 0.2) is 0 Å². The summed E-state index contributed by atoms with van der Waals surface area (Å²) in [5, 5.41) is 5.84. The number of aromatic nitrogens is 3. The van der Waals surface area contributed by atoms with Gasteiger partial charge < -0.3 is 10.6 Å². The summed E-state index contributed by atoms with van der Waals surface area (Å²) in [6.07, 6.45) is 3.66. The van der Waals surface area contributed by atoms with E-state index in [2.05, 4.69) is 30.5 Å². The number of pyridine rings is 1. The summed E-state index contributed by atoms with van der Waals surface area (Å²) in [5.41, 5.74) is 3.70. The molecule has 1 aliphatic rings. The molecule has 1 aliphatic heterocycles. The number of hydrogen-bond donors (Lipinski definition) is 2. The molecule has 1 saturated heterocycles. The Kier molecular flexibility index (Phi) is 6.18. The van der Waals surface area contributed by atoms with E-state index in [-0.39, 0.29) is 24.2 Å². The number of rotatable bonds is 6. The zero-order valence-electron chi connectivity index (χ0n) is 17.6. The Bertz CT molecular complexity index is 1050. The summed E-state index contributed by atoms with van der Waals surface area (Å²) in [7, 11) is 0. The SMILES string of the molecule is Cc1cc(C)nc(Nc2ccc(C3CCCN3CC(=O)Nc3ccccc3F)nc2)n1. The molecule has 1 unspecified atom stereocenters. The van der Waals surface area contributed by atoms with Gasteiger partial charge in [0.2, 0.25) is 11.9 Å². The van der Waals surface area contributed by atoms with E-state index in [1.165, 1.54) is 6.07 Å². The topological polar surface area (TPSA) is 83.0 Å². The summed E-state index contributed by atoms with van der Waals surface area (Å²) in [4.78, 5) is 27.9. The number of anilines is 3. The highest BCUT2D eigenvalue weighted by molar-refractivity contribution is 5.92. The molecule has 2 aromatic heterocycles. The van der Waals surface area contributed by atoms with Crippen LogP contribution in [0.5, 0.6) is 0 Å². The van der Waals surface area contributed by atoms with Gasteiger partial charge in [-0.2, -0.15) is 0 Å². The van der Waals surface area contributed by atoms with Crippen LogP contribution < -0.4 is 10.6 Å². The first-order valence-corrected chi connectivity index (χ1v) is 10.3. The highest BCUT2D eigenvalue weighted by Gasteiger charge is 2.28. The quantitative estimate of drug-likeness (QED) is 0.623. The molecule has 0 aliphatic carbocycles. The van der Waals surface area contributed by atoms with E-state index in [1.54, 1.807) is 24.4 Å². The first-order chi connectivity index (χ1) is 15.0. The summed E-state index contributed by atoms with van der Waals surface area (Å²) >= 11 is 0. The lowest BCUT2D eigenvalue weighted by atomic mass is 10.1. The van der Waals surface area contributed by atoms with Gasteiger partial charge in [-0.25, -0.2) is 14.4 Å². The number of nitrogens with one attached hydrogen (secondary N) is 2. The van der Waals surface area contributed by atoms with Crippen molar-refractivity contribution in [3.8, 4) is 0 Å². The predicted octanol–water partition coefficient (Wildman–Crippen LogP) is 4.15. The normalized spacial score (nSPS) is 16.3. The van der Waals surface area contributed by atoms with Gasteiger partial charge in [0.1, 0.15) is 5.82 Å². The smallest absolute Gasteiger partial charge is 0.238 e. The number of likely N-dealkylation sites (tertiary alicyclic amines) is 1. The largest absolute Gasteiger partial charge is 0.323 e. The van der Waals surface area contributed by atoms with Gasteiger partial charge in [0.05, 0.1) is 35.9 Å². The van der Waals surface area contributed by atoms with Gasteiger partial charge in [-0.1, -0.05) is 12.1 Å². The lowest BCUT2D eigenvalue weighted by Gasteiger charge is -2.23. The lowest BCUT2D eigenvalue weighted by Crippen LogP contribution is -2.33. The van der Waals surface area contributed by atoms with E-state index >= 15 is 0 Å². The van der Waals surface area contributed by atoms with Crippen molar-refractivity contribution >= 4 is 23.2 Å². The first-order valence-electron chi connectivity index (χ1n) is 10.3. The van der Waals surface area contributed by atoms with E-state index in [9.17, 15) is 9.18 Å². The van der Waals surface area contributed by atoms with E-state index in [1.807, 2.05) is 32.0 Å². The Labute approximate surface area is 180 Å². The summed E-state index contributed by atoms with van der Waals surface area (Å²) in [6.45, 7) is 4.85. The van der Waals surface area contributed by atoms with Crippen LogP contribution in [0.2, 0.25) is 0 Å². The van der Waals surface area contributed by atoms with Gasteiger partial charge in [0.25, 0.3) is 0 Å². The van der Waals surface area contributed by atoms with Gasteiger partial charge >= 0.3 is 0 Å². The zero-order chi connectivity index (χ0) is 21.8. The minimum Gasteiger partial charge on any atom is -0.323 e. The minimum atomic E-state index is -0.439. The van der Waals surface area contributed by atoms with E-state index < -0.39 is 5.82 Å². The van der Waals surface area contributed by atoms with Crippen molar-refractivity contribution in [2.45, 2.75) is 32.7 Å². The maximum atomic E-state index is 13.8. The Morgan fingerprint density at radius 2 is 1.94 bits per heavy atom. The summed E-state index contributed by atoms with van der Waals surface area (Å²) in [6, 6.07) is 12.1. The molecule has 1 aromatic carbocycles. The second-order valence-corrected chi connectivity index (χ2v) is 7.73. The van der Waals surface area contributed by atoms with Gasteiger partial charge in [-0.3, -0.25) is 14.7 Å². The monoisotopic (exact) mass is 420 g/mol. The number of para-hydroxylation sites is 1. The lowest BCUT2D eigenvalue weighted by molar-refractivity contribution is -0.117. The number of benzene rings is 1. The van der Waals surface area contributed by atoms with Crippen LogP contribution in [-0.4, -0.2) is 38.8 Å². The van der Waals surface area contributed by atoms with Crippen molar-refractivity contribution in [3.05, 3.63) is 71.6 Å². The third-order valence-corrected chi connectivity index (χ3v) is 5.22. The number of aryl methyl sites for hydroxylation is 2. The highest BCUT2D eigenvalue weighted by Crippen LogP contribution is 2.31. The van der Waals surface area contributed by atoms with Crippen LogP contribution >= 0.6 is 0 Å². The third-order valence-electron chi connectivity index (χ3n) is 5.22. The molecule has 1 fully saturated rings. The molecule has 0 bridgehead atoms. The second-order valence-electron chi connectivity index (χ2n) is 7.73. The zero-order valence-corrected chi connectivity index (χ0v) is 17.6. The van der Waals surface area contributed by atoms with Crippen LogP contribution in [0.15, 0.2) is 48.7 Å². The molecule has 7 nitrogen and oxygen atoms in total. The van der Waals surface area contributed by atoms with E-state index in [0.29, 0.717) is 5.95 Å². The number of hydrogen-bond acceptors (Lipinski definition) is 6. The fraction of sp³-hybridized carbons (Fsp3) is 0.304. The highest BCUT2D eigenvalue weighted by atomic mass is 19.1. The van der Waals surface area contributed by atoms with Crippen molar-refractivity contribution in [2.75, 3.05) is 23.7 Å². The molecule has 0 spiro atoms. The molecule has 160 valence electrons. The Balaban J connectivity index is 1.40. The molecule has 3 aromatic rings. The van der Waals surface area contributed by atoms with Crippen LogP contribution in [0, 0.1) is 19.7 Å². The van der Waals surface area contributed by atoms with Crippen molar-refractivity contribution in [1.82, 2.24) is 19.9 Å². The van der Waals surface area contributed by atoms with E-state index in [4.69, 9.17) is 0 Å². The number of carbonyl (C=O) groups is 1. The molecule has 1 amide bonds. The molecule has 2 N–H and O–H groups in total. The van der Waals surface area contributed by atoms with Crippen LogP contribution in [0.4, 0.5) is 21.7 Å². The van der Waals surface area contributed by atoms with Crippen molar-refractivity contribution in [1.29, 1.82) is 0 Å². The molecular formula is C23H25FN6O. The predicted molar refractivity (Wildman–Crippen MR) is 118 cm³/mol. The number of nitrogens with zero attached hydrogens (tertiary/aromatic N) is 4. The first kappa shape index (κ1) is 20.9. The number of carbonyl (C=O) groups excluding carboxylic acids is 1. The van der Waals surface area contributed by atoms with Crippen LogP contribution in [-0.2, 0) is 4.79 Å². The molecule has 8 heteroatoms. The standard InChI is InChI=1S/C23H25FN6O/c1-15-12-16(2)27-23(26-15)28-17-9-10-20(25-13-17)21-8-5-11-30(21)14-22(31)29-19-7-4-3-6-18(19)24/h3-4,6-7,9-10,12-13,21H,5,8,11,14H2,1-2H3,(H,29,31)(H,26,27,28). The maximum Gasteiger partial charge on any atom is 0.238 e.